The predicted molar refractivity (Wildman–Crippen MR) is 101 cm³/mol. The Kier molecular flexibility index (Phi) is 3.31. The molecule has 1 nitrogen and oxygen atoms in total. The molecule has 2 heteroatoms. The van der Waals surface area contributed by atoms with Crippen molar-refractivity contribution < 1.29 is 0 Å². The quantitative estimate of drug-likeness (QED) is 0.473. The van der Waals surface area contributed by atoms with E-state index in [1.807, 2.05) is 0 Å². The van der Waals surface area contributed by atoms with Gasteiger partial charge in [0, 0.05) is 9.89 Å². The fraction of sp³-hybridized carbons (Fsp3) is 0.143. The second-order valence-electron chi connectivity index (χ2n) is 6.45. The smallest absolute Gasteiger partial charge is 0.0603 e. The number of nitrogens with zero attached hydrogens (tertiary/aromatic N) is 1. The van der Waals surface area contributed by atoms with Gasteiger partial charge in [0.25, 0.3) is 0 Å². The number of anilines is 3. The second kappa shape index (κ2) is 5.24. The zero-order chi connectivity index (χ0) is 16.0. The van der Waals surface area contributed by atoms with E-state index in [-0.39, 0.29) is 5.41 Å². The van der Waals surface area contributed by atoms with Crippen LogP contribution in [-0.4, -0.2) is 0 Å². The Bertz CT molecular complexity index is 833. The standard InChI is InChI=1S/C21H18BrN/c1-21(2)15-9-3-6-12-18(15)23(19-13-7-4-10-16(19)21)20-14-8-5-11-17(20)22/h3-14H,1-2H3. The number of benzene rings is 3. The lowest BCUT2D eigenvalue weighted by Gasteiger charge is -2.42. The number of fused-ring (bicyclic) bond motifs is 2. The summed E-state index contributed by atoms with van der Waals surface area (Å²) in [5.41, 5.74) is 6.38. The van der Waals surface area contributed by atoms with Gasteiger partial charge in [-0.15, -0.1) is 0 Å². The van der Waals surface area contributed by atoms with Crippen LogP contribution in [0, 0.1) is 0 Å². The van der Waals surface area contributed by atoms with Gasteiger partial charge in [0.05, 0.1) is 17.1 Å². The van der Waals surface area contributed by atoms with Gasteiger partial charge in [-0.25, -0.2) is 0 Å². The molecule has 0 N–H and O–H groups in total. The fourth-order valence-corrected chi connectivity index (χ4v) is 4.02. The molecule has 0 saturated heterocycles. The van der Waals surface area contributed by atoms with E-state index in [4.69, 9.17) is 0 Å². The maximum Gasteiger partial charge on any atom is 0.0603 e. The van der Waals surface area contributed by atoms with Crippen LogP contribution in [0.25, 0.3) is 0 Å². The van der Waals surface area contributed by atoms with Crippen molar-refractivity contribution in [1.29, 1.82) is 0 Å². The zero-order valence-corrected chi connectivity index (χ0v) is 14.8. The van der Waals surface area contributed by atoms with Gasteiger partial charge in [-0.3, -0.25) is 0 Å². The Balaban J connectivity index is 2.07. The largest absolute Gasteiger partial charge is 0.309 e. The van der Waals surface area contributed by atoms with E-state index in [1.54, 1.807) is 0 Å². The van der Waals surface area contributed by atoms with Crippen molar-refractivity contribution in [2.24, 2.45) is 0 Å². The summed E-state index contributed by atoms with van der Waals surface area (Å²) in [6.45, 7) is 4.62. The topological polar surface area (TPSA) is 3.24 Å². The van der Waals surface area contributed by atoms with E-state index in [2.05, 4.69) is 107 Å². The van der Waals surface area contributed by atoms with E-state index in [1.165, 1.54) is 28.2 Å². The lowest BCUT2D eigenvalue weighted by Crippen LogP contribution is -2.30. The van der Waals surface area contributed by atoms with E-state index in [0.717, 1.165) is 4.47 Å². The molecule has 1 aliphatic heterocycles. The average molecular weight is 364 g/mol. The molecule has 0 aromatic heterocycles. The molecule has 0 fully saturated rings. The highest BCUT2D eigenvalue weighted by atomic mass is 79.9. The lowest BCUT2D eigenvalue weighted by atomic mass is 9.73. The molecule has 3 aromatic rings. The van der Waals surface area contributed by atoms with Gasteiger partial charge in [0.1, 0.15) is 0 Å². The molecular weight excluding hydrogens is 346 g/mol. The average Bonchev–Trinajstić information content (AvgIpc) is 2.57. The number of para-hydroxylation sites is 3. The first-order valence-corrected chi connectivity index (χ1v) is 8.63. The van der Waals surface area contributed by atoms with Crippen LogP contribution in [0.3, 0.4) is 0 Å². The molecule has 23 heavy (non-hydrogen) atoms. The van der Waals surface area contributed by atoms with E-state index in [9.17, 15) is 0 Å². The molecule has 4 rings (SSSR count). The SMILES string of the molecule is CC1(C)c2ccccc2N(c2ccccc2Br)c2ccccc21. The molecular formula is C21H18BrN. The summed E-state index contributed by atoms with van der Waals surface area (Å²) in [6.07, 6.45) is 0. The summed E-state index contributed by atoms with van der Waals surface area (Å²) in [5, 5.41) is 0. The highest BCUT2D eigenvalue weighted by Gasteiger charge is 2.36. The minimum absolute atomic E-state index is 0.00898. The van der Waals surface area contributed by atoms with Crippen molar-refractivity contribution in [3.05, 3.63) is 88.4 Å². The summed E-state index contributed by atoms with van der Waals surface area (Å²) >= 11 is 3.72. The number of halogens is 1. The summed E-state index contributed by atoms with van der Waals surface area (Å²) in [6, 6.07) is 25.8. The van der Waals surface area contributed by atoms with Crippen LogP contribution in [0.4, 0.5) is 17.1 Å². The Hall–Kier alpha value is -2.06. The fourth-order valence-electron chi connectivity index (χ4n) is 3.56. The maximum atomic E-state index is 3.72. The minimum atomic E-state index is -0.00898. The van der Waals surface area contributed by atoms with Crippen LogP contribution in [0.2, 0.25) is 0 Å². The molecule has 0 spiro atoms. The normalized spacial score (nSPS) is 15.0. The van der Waals surface area contributed by atoms with Crippen LogP contribution in [0.15, 0.2) is 77.3 Å². The lowest BCUT2D eigenvalue weighted by molar-refractivity contribution is 0.632. The molecule has 0 aliphatic carbocycles. The number of hydrogen-bond donors (Lipinski definition) is 0. The molecule has 0 saturated carbocycles. The Morgan fingerprint density at radius 1 is 0.652 bits per heavy atom. The van der Waals surface area contributed by atoms with Gasteiger partial charge in [-0.1, -0.05) is 62.4 Å². The molecule has 0 amide bonds. The first kappa shape index (κ1) is 14.5. The Morgan fingerprint density at radius 2 is 1.09 bits per heavy atom. The van der Waals surface area contributed by atoms with Crippen LogP contribution in [0.5, 0.6) is 0 Å². The van der Waals surface area contributed by atoms with Crippen molar-refractivity contribution in [3.63, 3.8) is 0 Å². The zero-order valence-electron chi connectivity index (χ0n) is 13.3. The monoisotopic (exact) mass is 363 g/mol. The van der Waals surface area contributed by atoms with E-state index >= 15 is 0 Å². The van der Waals surface area contributed by atoms with Crippen molar-refractivity contribution in [2.75, 3.05) is 4.90 Å². The van der Waals surface area contributed by atoms with Gasteiger partial charge < -0.3 is 4.90 Å². The van der Waals surface area contributed by atoms with Crippen LogP contribution >= 0.6 is 15.9 Å². The van der Waals surface area contributed by atoms with Crippen molar-refractivity contribution >= 4 is 33.0 Å². The molecule has 1 aliphatic rings. The third-order valence-electron chi connectivity index (χ3n) is 4.73. The molecule has 0 radical (unpaired) electrons. The first-order valence-electron chi connectivity index (χ1n) is 7.84. The summed E-state index contributed by atoms with van der Waals surface area (Å²) in [7, 11) is 0. The van der Waals surface area contributed by atoms with Gasteiger partial charge in [0.15, 0.2) is 0 Å². The molecule has 0 unspecified atom stereocenters. The number of hydrogen-bond acceptors (Lipinski definition) is 1. The summed E-state index contributed by atoms with van der Waals surface area (Å²) in [5.74, 6) is 0. The summed E-state index contributed by atoms with van der Waals surface area (Å²) in [4.78, 5) is 2.36. The van der Waals surface area contributed by atoms with E-state index < -0.39 is 0 Å². The van der Waals surface area contributed by atoms with Gasteiger partial charge >= 0.3 is 0 Å². The van der Waals surface area contributed by atoms with Crippen LogP contribution < -0.4 is 4.90 Å². The molecule has 114 valence electrons. The van der Waals surface area contributed by atoms with Crippen molar-refractivity contribution in [1.82, 2.24) is 0 Å². The van der Waals surface area contributed by atoms with Gasteiger partial charge in [-0.2, -0.15) is 0 Å². The third-order valence-corrected chi connectivity index (χ3v) is 5.40. The van der Waals surface area contributed by atoms with Crippen molar-refractivity contribution in [3.8, 4) is 0 Å². The molecule has 1 heterocycles. The minimum Gasteiger partial charge on any atom is -0.309 e. The Labute approximate surface area is 145 Å². The van der Waals surface area contributed by atoms with Crippen LogP contribution in [-0.2, 0) is 5.41 Å². The Morgan fingerprint density at radius 3 is 1.61 bits per heavy atom. The van der Waals surface area contributed by atoms with Gasteiger partial charge in [-0.05, 0) is 51.3 Å². The highest BCUT2D eigenvalue weighted by molar-refractivity contribution is 9.10. The third kappa shape index (κ3) is 2.13. The maximum absolute atomic E-state index is 3.72. The van der Waals surface area contributed by atoms with Crippen LogP contribution in [0.1, 0.15) is 25.0 Å². The van der Waals surface area contributed by atoms with E-state index in [0.29, 0.717) is 0 Å². The summed E-state index contributed by atoms with van der Waals surface area (Å²) < 4.78 is 1.10. The molecule has 0 bridgehead atoms. The predicted octanol–water partition coefficient (Wildman–Crippen LogP) is 6.56. The molecule has 3 aromatic carbocycles. The van der Waals surface area contributed by atoms with Gasteiger partial charge in [0.2, 0.25) is 0 Å². The second-order valence-corrected chi connectivity index (χ2v) is 7.30. The van der Waals surface area contributed by atoms with Crippen molar-refractivity contribution in [2.45, 2.75) is 19.3 Å². The highest BCUT2D eigenvalue weighted by Crippen LogP contribution is 2.52. The first-order chi connectivity index (χ1) is 11.1. The number of rotatable bonds is 1. The molecule has 0 atom stereocenters.